The van der Waals surface area contributed by atoms with Crippen LogP contribution in [0, 0.1) is 0 Å². The van der Waals surface area contributed by atoms with Crippen LogP contribution in [0.5, 0.6) is 0 Å². The smallest absolute Gasteiger partial charge is 0.168 e. The topological polar surface area (TPSA) is 40.6 Å². The second kappa shape index (κ2) is 13.7. The van der Waals surface area contributed by atoms with Crippen LogP contribution in [0.2, 0.25) is 0 Å². The van der Waals surface area contributed by atoms with Crippen LogP contribution in [0.1, 0.15) is 0 Å². The minimum Gasteiger partial charge on any atom is -0.309 e. The molecule has 0 fully saturated rings. The van der Waals surface area contributed by atoms with Crippen LogP contribution < -0.4 is 0 Å². The summed E-state index contributed by atoms with van der Waals surface area (Å²) in [4.78, 5) is 0. The second-order valence-electron chi connectivity index (χ2n) is 15.8. The van der Waals surface area contributed by atoms with Gasteiger partial charge in [-0.05, 0) is 65.7 Å². The summed E-state index contributed by atoms with van der Waals surface area (Å²) < 4.78 is 9.74. The lowest BCUT2D eigenvalue weighted by Gasteiger charge is -2.16. The van der Waals surface area contributed by atoms with Gasteiger partial charge in [0.15, 0.2) is 11.6 Å². The number of aromatic nitrogens is 5. The van der Waals surface area contributed by atoms with E-state index < -0.39 is 0 Å². The van der Waals surface area contributed by atoms with Gasteiger partial charge in [0.2, 0.25) is 0 Å². The molecule has 4 heterocycles. The molecule has 13 aromatic rings. The Hall–Kier alpha value is -8.06. The molecule has 4 aromatic heterocycles. The third-order valence-electron chi connectivity index (χ3n) is 12.4. The number of para-hydroxylation sites is 3. The van der Waals surface area contributed by atoms with Crippen molar-refractivity contribution in [1.82, 2.24) is 23.9 Å². The lowest BCUT2D eigenvalue weighted by atomic mass is 10.0. The highest BCUT2D eigenvalue weighted by atomic mass is 32.1. The van der Waals surface area contributed by atoms with Crippen LogP contribution in [0.3, 0.4) is 0 Å². The zero-order valence-electron chi connectivity index (χ0n) is 33.4. The van der Waals surface area contributed by atoms with Crippen LogP contribution in [0.25, 0.3) is 115 Å². The van der Waals surface area contributed by atoms with Gasteiger partial charge >= 0.3 is 0 Å². The molecule has 0 aliphatic rings. The van der Waals surface area contributed by atoms with E-state index in [-0.39, 0.29) is 0 Å². The van der Waals surface area contributed by atoms with E-state index >= 15 is 0 Å². The minimum atomic E-state index is 0.789. The number of hydrogen-bond donors (Lipinski definition) is 0. The summed E-state index contributed by atoms with van der Waals surface area (Å²) in [7, 11) is 0. The Morgan fingerprint density at radius 2 is 0.871 bits per heavy atom. The van der Waals surface area contributed by atoms with Crippen molar-refractivity contribution in [2.24, 2.45) is 0 Å². The maximum atomic E-state index is 4.85. The molecule has 0 aliphatic carbocycles. The van der Waals surface area contributed by atoms with Gasteiger partial charge in [0.05, 0.1) is 27.8 Å². The van der Waals surface area contributed by atoms with Crippen LogP contribution >= 0.6 is 11.3 Å². The quantitative estimate of drug-likeness (QED) is 0.168. The first-order valence-corrected chi connectivity index (χ1v) is 21.7. The van der Waals surface area contributed by atoms with Crippen LogP contribution in [0.4, 0.5) is 0 Å². The Morgan fingerprint density at radius 1 is 0.339 bits per heavy atom. The van der Waals surface area contributed by atoms with E-state index in [0.29, 0.717) is 0 Å². The summed E-state index contributed by atoms with van der Waals surface area (Å²) >= 11 is 1.89. The molecule has 0 N–H and O–H groups in total. The maximum Gasteiger partial charge on any atom is 0.168 e. The third kappa shape index (κ3) is 5.20. The highest BCUT2D eigenvalue weighted by molar-refractivity contribution is 7.26. The Kier molecular flexibility index (Phi) is 7.71. The predicted octanol–water partition coefficient (Wildman–Crippen LogP) is 14.8. The van der Waals surface area contributed by atoms with Crippen molar-refractivity contribution < 1.29 is 0 Å². The number of rotatable bonds is 6. The number of hydrogen-bond acceptors (Lipinski definition) is 3. The normalized spacial score (nSPS) is 11.9. The van der Waals surface area contributed by atoms with Crippen molar-refractivity contribution in [3.63, 3.8) is 0 Å². The summed E-state index contributed by atoms with van der Waals surface area (Å²) in [5, 5.41) is 17.3. The van der Waals surface area contributed by atoms with Gasteiger partial charge < -0.3 is 9.13 Å². The maximum absolute atomic E-state index is 4.85. The lowest BCUT2D eigenvalue weighted by molar-refractivity contribution is 1.06. The Morgan fingerprint density at radius 3 is 1.56 bits per heavy atom. The Bertz CT molecular complexity index is 3810. The number of fused-ring (bicyclic) bond motifs is 10. The molecule has 13 rings (SSSR count). The first-order valence-electron chi connectivity index (χ1n) is 20.9. The second-order valence-corrected chi connectivity index (χ2v) is 16.9. The highest BCUT2D eigenvalue weighted by Crippen LogP contribution is 2.44. The van der Waals surface area contributed by atoms with Crippen molar-refractivity contribution in [3.8, 4) is 51.0 Å². The van der Waals surface area contributed by atoms with Gasteiger partial charge in [-0.15, -0.1) is 21.5 Å². The lowest BCUT2D eigenvalue weighted by Crippen LogP contribution is -2.04. The van der Waals surface area contributed by atoms with Crippen LogP contribution in [0.15, 0.2) is 212 Å². The van der Waals surface area contributed by atoms with Crippen molar-refractivity contribution in [2.45, 2.75) is 0 Å². The number of thiophene rings is 1. The third-order valence-corrected chi connectivity index (χ3v) is 13.6. The van der Waals surface area contributed by atoms with Gasteiger partial charge in [-0.3, -0.25) is 4.57 Å². The molecule has 0 spiro atoms. The van der Waals surface area contributed by atoms with E-state index in [1.165, 1.54) is 47.4 Å². The molecule has 9 aromatic carbocycles. The van der Waals surface area contributed by atoms with Gasteiger partial charge in [0.1, 0.15) is 0 Å². The molecule has 290 valence electrons. The molecule has 0 bridgehead atoms. The first-order chi connectivity index (χ1) is 30.8. The van der Waals surface area contributed by atoms with Crippen LogP contribution in [-0.2, 0) is 0 Å². The average Bonchev–Trinajstić information content (AvgIpc) is 4.12. The first kappa shape index (κ1) is 34.8. The number of nitrogens with zero attached hydrogens (tertiary/aromatic N) is 5. The van der Waals surface area contributed by atoms with Gasteiger partial charge in [-0.1, -0.05) is 158 Å². The largest absolute Gasteiger partial charge is 0.309 e. The molecule has 0 unspecified atom stereocenters. The van der Waals surface area contributed by atoms with Crippen molar-refractivity contribution >= 4 is 75.1 Å². The van der Waals surface area contributed by atoms with Crippen LogP contribution in [-0.4, -0.2) is 23.9 Å². The summed E-state index contributed by atoms with van der Waals surface area (Å²) in [6.45, 7) is 0. The van der Waals surface area contributed by atoms with E-state index in [2.05, 4.69) is 214 Å². The average molecular weight is 810 g/mol. The Balaban J connectivity index is 1.01. The molecule has 5 nitrogen and oxygen atoms in total. The van der Waals surface area contributed by atoms with Gasteiger partial charge in [-0.2, -0.15) is 0 Å². The summed E-state index contributed by atoms with van der Waals surface area (Å²) in [6.07, 6.45) is 0. The molecule has 62 heavy (non-hydrogen) atoms. The molecular formula is C56H35N5S. The monoisotopic (exact) mass is 809 g/mol. The molecule has 0 saturated carbocycles. The van der Waals surface area contributed by atoms with E-state index in [0.717, 1.165) is 67.4 Å². The fraction of sp³-hybridized carbons (Fsp3) is 0. The Labute approximate surface area is 360 Å². The molecule has 0 amide bonds. The van der Waals surface area contributed by atoms with Crippen molar-refractivity contribution in [1.29, 1.82) is 0 Å². The summed E-state index contributed by atoms with van der Waals surface area (Å²) in [5.74, 6) is 1.58. The van der Waals surface area contributed by atoms with Gasteiger partial charge in [0, 0.05) is 64.2 Å². The molecule has 0 aliphatic heterocycles. The molecule has 0 saturated heterocycles. The minimum absolute atomic E-state index is 0.789. The molecule has 6 heteroatoms. The zero-order valence-corrected chi connectivity index (χ0v) is 34.2. The molecular weight excluding hydrogens is 775 g/mol. The van der Waals surface area contributed by atoms with E-state index in [1.807, 2.05) is 23.5 Å². The SMILES string of the molecule is c1ccc(-c2nnc(-c3ccccc3)n2-c2cccc3c4ccccc4n(-c4cccc(-c5cccc(-n6c7ccccc7c7c8sc9ccccc9c8ccc76)c5)c4)c23)cc1. The molecule has 0 atom stereocenters. The fourth-order valence-corrected chi connectivity index (χ4v) is 10.9. The van der Waals surface area contributed by atoms with Gasteiger partial charge in [0.25, 0.3) is 0 Å². The molecule has 0 radical (unpaired) electrons. The van der Waals surface area contributed by atoms with E-state index in [1.54, 1.807) is 0 Å². The van der Waals surface area contributed by atoms with Crippen molar-refractivity contribution in [3.05, 3.63) is 212 Å². The number of benzene rings is 9. The predicted molar refractivity (Wildman–Crippen MR) is 259 cm³/mol. The zero-order chi connectivity index (χ0) is 40.7. The fourth-order valence-electron chi connectivity index (χ4n) is 9.67. The van der Waals surface area contributed by atoms with Gasteiger partial charge in [-0.25, -0.2) is 0 Å². The summed E-state index contributed by atoms with van der Waals surface area (Å²) in [6, 6.07) is 76.2. The standard InChI is InChI=1S/C56H35N5S/c1-3-16-36(17-4-1)55-57-58-56(37-18-5-2-6-19-37)61(55)50-30-15-27-44-42-24-7-10-28-47(42)60(53(44)50)41-23-14-21-39(35-41)38-20-13-22-40(34-38)59-48-29-11-8-26-46(48)52-49(59)33-32-45-43-25-9-12-31-51(43)62-54(45)52/h1-35H. The van der Waals surface area contributed by atoms with E-state index in [4.69, 9.17) is 10.2 Å². The highest BCUT2D eigenvalue weighted by Gasteiger charge is 2.23. The summed E-state index contributed by atoms with van der Waals surface area (Å²) in [5.41, 5.74) is 12.1. The van der Waals surface area contributed by atoms with Crippen molar-refractivity contribution in [2.75, 3.05) is 0 Å². The van der Waals surface area contributed by atoms with E-state index in [9.17, 15) is 0 Å².